The van der Waals surface area contributed by atoms with Crippen LogP contribution in [0.5, 0.6) is 0 Å². The standard InChI is InChI=1S/C13H18BrClN2O/c1-3-17(4-2)13(18)9-16-8-10-7-11(15)5-6-12(10)14/h5-7,16H,3-4,8-9H2,1-2H3. The maximum absolute atomic E-state index is 11.8. The summed E-state index contributed by atoms with van der Waals surface area (Å²) in [5.41, 5.74) is 1.05. The van der Waals surface area contributed by atoms with Gasteiger partial charge in [0.25, 0.3) is 0 Å². The highest BCUT2D eigenvalue weighted by molar-refractivity contribution is 9.10. The van der Waals surface area contributed by atoms with Crippen molar-refractivity contribution in [3.8, 4) is 0 Å². The van der Waals surface area contributed by atoms with Gasteiger partial charge in [0.1, 0.15) is 0 Å². The summed E-state index contributed by atoms with van der Waals surface area (Å²) in [5.74, 6) is 0.123. The first-order valence-corrected chi connectivity index (χ1v) is 7.18. The average Bonchev–Trinajstić information content (AvgIpc) is 2.35. The summed E-state index contributed by atoms with van der Waals surface area (Å²) in [7, 11) is 0. The van der Waals surface area contributed by atoms with E-state index < -0.39 is 0 Å². The van der Waals surface area contributed by atoms with Crippen LogP contribution < -0.4 is 5.32 Å². The molecule has 0 aromatic heterocycles. The quantitative estimate of drug-likeness (QED) is 0.868. The monoisotopic (exact) mass is 332 g/mol. The highest BCUT2D eigenvalue weighted by atomic mass is 79.9. The highest BCUT2D eigenvalue weighted by Crippen LogP contribution is 2.20. The molecule has 1 N–H and O–H groups in total. The summed E-state index contributed by atoms with van der Waals surface area (Å²) in [6.07, 6.45) is 0. The molecule has 0 spiro atoms. The maximum Gasteiger partial charge on any atom is 0.236 e. The fourth-order valence-electron chi connectivity index (χ4n) is 1.67. The molecule has 0 saturated carbocycles. The molecule has 0 aliphatic rings. The number of nitrogens with zero attached hydrogens (tertiary/aromatic N) is 1. The lowest BCUT2D eigenvalue weighted by atomic mass is 10.2. The van der Waals surface area contributed by atoms with E-state index >= 15 is 0 Å². The third-order valence-corrected chi connectivity index (χ3v) is 3.72. The lowest BCUT2D eigenvalue weighted by Crippen LogP contribution is -2.37. The lowest BCUT2D eigenvalue weighted by molar-refractivity contribution is -0.129. The van der Waals surface area contributed by atoms with Crippen LogP contribution in [0.4, 0.5) is 0 Å². The Kier molecular flexibility index (Phi) is 6.68. The van der Waals surface area contributed by atoms with Gasteiger partial charge in [0.2, 0.25) is 5.91 Å². The molecule has 100 valence electrons. The van der Waals surface area contributed by atoms with Crippen molar-refractivity contribution in [2.75, 3.05) is 19.6 Å². The average molecular weight is 334 g/mol. The number of carbonyl (C=O) groups excluding carboxylic acids is 1. The van der Waals surface area contributed by atoms with Crippen molar-refractivity contribution in [2.45, 2.75) is 20.4 Å². The van der Waals surface area contributed by atoms with E-state index in [1.807, 2.05) is 32.0 Å². The first-order chi connectivity index (χ1) is 8.58. The van der Waals surface area contributed by atoms with Crippen molar-refractivity contribution in [3.63, 3.8) is 0 Å². The zero-order valence-electron chi connectivity index (χ0n) is 10.7. The van der Waals surface area contributed by atoms with Gasteiger partial charge in [0, 0.05) is 29.1 Å². The third-order valence-electron chi connectivity index (χ3n) is 2.72. The predicted molar refractivity (Wildman–Crippen MR) is 78.8 cm³/mol. The van der Waals surface area contributed by atoms with Gasteiger partial charge in [-0.3, -0.25) is 4.79 Å². The minimum atomic E-state index is 0.123. The molecule has 0 atom stereocenters. The molecular formula is C13H18BrClN2O. The molecular weight excluding hydrogens is 316 g/mol. The molecule has 0 heterocycles. The van der Waals surface area contributed by atoms with Crippen LogP contribution in [0.15, 0.2) is 22.7 Å². The van der Waals surface area contributed by atoms with Gasteiger partial charge < -0.3 is 10.2 Å². The summed E-state index contributed by atoms with van der Waals surface area (Å²) in [6, 6.07) is 5.63. The van der Waals surface area contributed by atoms with Crippen LogP contribution in [0.25, 0.3) is 0 Å². The van der Waals surface area contributed by atoms with Crippen LogP contribution in [-0.4, -0.2) is 30.4 Å². The zero-order valence-corrected chi connectivity index (χ0v) is 13.0. The van der Waals surface area contributed by atoms with Crippen LogP contribution in [0.3, 0.4) is 0 Å². The molecule has 1 amide bonds. The Balaban J connectivity index is 2.46. The van der Waals surface area contributed by atoms with Crippen molar-refractivity contribution in [3.05, 3.63) is 33.3 Å². The second-order valence-electron chi connectivity index (χ2n) is 3.91. The zero-order chi connectivity index (χ0) is 13.5. The molecule has 0 radical (unpaired) electrons. The smallest absolute Gasteiger partial charge is 0.236 e. The summed E-state index contributed by atoms with van der Waals surface area (Å²) < 4.78 is 0.995. The van der Waals surface area contributed by atoms with Crippen LogP contribution >= 0.6 is 27.5 Å². The lowest BCUT2D eigenvalue weighted by Gasteiger charge is -2.18. The molecule has 0 unspecified atom stereocenters. The Morgan fingerprint density at radius 2 is 2.06 bits per heavy atom. The van der Waals surface area contributed by atoms with E-state index in [9.17, 15) is 4.79 Å². The van der Waals surface area contributed by atoms with Gasteiger partial charge in [0.05, 0.1) is 6.54 Å². The van der Waals surface area contributed by atoms with Gasteiger partial charge in [-0.15, -0.1) is 0 Å². The number of rotatable bonds is 6. The number of nitrogens with one attached hydrogen (secondary N) is 1. The Hall–Kier alpha value is -0.580. The summed E-state index contributed by atoms with van der Waals surface area (Å²) in [4.78, 5) is 13.6. The molecule has 0 saturated heterocycles. The summed E-state index contributed by atoms with van der Waals surface area (Å²) in [6.45, 7) is 6.43. The second-order valence-corrected chi connectivity index (χ2v) is 5.20. The van der Waals surface area contributed by atoms with Crippen molar-refractivity contribution < 1.29 is 4.79 Å². The van der Waals surface area contributed by atoms with E-state index in [-0.39, 0.29) is 5.91 Å². The van der Waals surface area contributed by atoms with E-state index in [4.69, 9.17) is 11.6 Å². The van der Waals surface area contributed by atoms with Gasteiger partial charge in [-0.1, -0.05) is 27.5 Å². The van der Waals surface area contributed by atoms with E-state index in [0.717, 1.165) is 23.1 Å². The molecule has 0 fully saturated rings. The van der Waals surface area contributed by atoms with Crippen molar-refractivity contribution in [1.29, 1.82) is 0 Å². The molecule has 1 rings (SSSR count). The first-order valence-electron chi connectivity index (χ1n) is 6.00. The molecule has 18 heavy (non-hydrogen) atoms. The summed E-state index contributed by atoms with van der Waals surface area (Å²) >= 11 is 9.39. The van der Waals surface area contributed by atoms with Gasteiger partial charge in [0.15, 0.2) is 0 Å². The minimum absolute atomic E-state index is 0.123. The molecule has 1 aromatic rings. The Labute approximate surface area is 122 Å². The van der Waals surface area contributed by atoms with Gasteiger partial charge >= 0.3 is 0 Å². The van der Waals surface area contributed by atoms with Gasteiger partial charge in [-0.2, -0.15) is 0 Å². The molecule has 1 aromatic carbocycles. The van der Waals surface area contributed by atoms with E-state index in [2.05, 4.69) is 21.2 Å². The molecule has 5 heteroatoms. The van der Waals surface area contributed by atoms with E-state index in [1.54, 1.807) is 4.90 Å². The van der Waals surface area contributed by atoms with Crippen LogP contribution in [0.2, 0.25) is 5.02 Å². The number of hydrogen-bond acceptors (Lipinski definition) is 2. The maximum atomic E-state index is 11.8. The van der Waals surface area contributed by atoms with Crippen molar-refractivity contribution in [2.24, 2.45) is 0 Å². The third kappa shape index (κ3) is 4.59. The number of hydrogen-bond donors (Lipinski definition) is 1. The fourth-order valence-corrected chi connectivity index (χ4v) is 2.25. The first kappa shape index (κ1) is 15.5. The van der Waals surface area contributed by atoms with Crippen LogP contribution in [0, 0.1) is 0 Å². The van der Waals surface area contributed by atoms with Crippen LogP contribution in [-0.2, 0) is 11.3 Å². The molecule has 0 bridgehead atoms. The number of carbonyl (C=O) groups is 1. The van der Waals surface area contributed by atoms with E-state index in [0.29, 0.717) is 18.1 Å². The molecule has 0 aliphatic heterocycles. The SMILES string of the molecule is CCN(CC)C(=O)CNCc1cc(Cl)ccc1Br. The largest absolute Gasteiger partial charge is 0.342 e. The topological polar surface area (TPSA) is 32.3 Å². The Morgan fingerprint density at radius 1 is 1.39 bits per heavy atom. The Morgan fingerprint density at radius 3 is 2.67 bits per heavy atom. The minimum Gasteiger partial charge on any atom is -0.342 e. The predicted octanol–water partition coefficient (Wildman–Crippen LogP) is 3.06. The molecule has 0 aliphatic carbocycles. The van der Waals surface area contributed by atoms with Crippen molar-refractivity contribution in [1.82, 2.24) is 10.2 Å². The second kappa shape index (κ2) is 7.77. The molecule has 3 nitrogen and oxygen atoms in total. The number of benzene rings is 1. The van der Waals surface area contributed by atoms with E-state index in [1.165, 1.54) is 0 Å². The van der Waals surface area contributed by atoms with Crippen molar-refractivity contribution >= 4 is 33.4 Å². The number of likely N-dealkylation sites (N-methyl/N-ethyl adjacent to an activating group) is 1. The number of amides is 1. The fraction of sp³-hybridized carbons (Fsp3) is 0.462. The summed E-state index contributed by atoms with van der Waals surface area (Å²) in [5, 5.41) is 3.84. The van der Waals surface area contributed by atoms with Gasteiger partial charge in [-0.05, 0) is 37.6 Å². The number of halogens is 2. The highest BCUT2D eigenvalue weighted by Gasteiger charge is 2.09. The Bertz CT molecular complexity index is 408. The van der Waals surface area contributed by atoms with Crippen LogP contribution in [0.1, 0.15) is 19.4 Å². The normalized spacial score (nSPS) is 10.4. The van der Waals surface area contributed by atoms with Gasteiger partial charge in [-0.25, -0.2) is 0 Å².